The number of carbonyl (C=O) groups is 1. The zero-order valence-corrected chi connectivity index (χ0v) is 14.5. The maximum absolute atomic E-state index is 14.8. The maximum Gasteiger partial charge on any atom is 0.228 e. The van der Waals surface area contributed by atoms with E-state index in [1.54, 1.807) is 6.07 Å². The minimum atomic E-state index is -0.278. The van der Waals surface area contributed by atoms with Crippen molar-refractivity contribution in [2.24, 2.45) is 5.92 Å². The van der Waals surface area contributed by atoms with Crippen LogP contribution in [-0.2, 0) is 23.2 Å². The van der Waals surface area contributed by atoms with Crippen molar-refractivity contribution in [1.29, 1.82) is 0 Å². The molecule has 1 aliphatic carbocycles. The van der Waals surface area contributed by atoms with E-state index in [1.807, 2.05) is 30.3 Å². The molecule has 134 valence electrons. The van der Waals surface area contributed by atoms with Gasteiger partial charge in [-0.1, -0.05) is 24.3 Å². The van der Waals surface area contributed by atoms with Crippen LogP contribution in [0.1, 0.15) is 29.5 Å². The van der Waals surface area contributed by atoms with Gasteiger partial charge in [-0.2, -0.15) is 0 Å². The average molecular weight is 352 g/mol. The number of hydrogen-bond acceptors (Lipinski definition) is 3. The summed E-state index contributed by atoms with van der Waals surface area (Å²) in [4.78, 5) is 12.8. The van der Waals surface area contributed by atoms with Gasteiger partial charge in [0.25, 0.3) is 0 Å². The van der Waals surface area contributed by atoms with Crippen molar-refractivity contribution in [2.45, 2.75) is 31.2 Å². The average Bonchev–Trinajstić information content (AvgIpc) is 3.39. The van der Waals surface area contributed by atoms with Gasteiger partial charge in [-0.25, -0.2) is 4.39 Å². The number of hydrogen-bond donors (Lipinski definition) is 2. The third-order valence-electron chi connectivity index (χ3n) is 6.09. The smallest absolute Gasteiger partial charge is 0.228 e. The number of ether oxygens (including phenoxy) is 1. The predicted octanol–water partition coefficient (Wildman–Crippen LogP) is 3.15. The molecule has 4 nitrogen and oxygen atoms in total. The number of amides is 1. The molecule has 2 aromatic carbocycles. The molecule has 2 N–H and O–H groups in total. The quantitative estimate of drug-likeness (QED) is 0.873. The Balaban J connectivity index is 1.39. The third kappa shape index (κ3) is 2.34. The molecule has 3 aliphatic rings. The van der Waals surface area contributed by atoms with Crippen molar-refractivity contribution in [3.8, 4) is 5.75 Å². The van der Waals surface area contributed by atoms with Crippen molar-refractivity contribution in [2.75, 3.05) is 18.5 Å². The van der Waals surface area contributed by atoms with Crippen LogP contribution in [-0.4, -0.2) is 19.1 Å². The Morgan fingerprint density at radius 2 is 2.15 bits per heavy atom. The standard InChI is InChI=1S/C21H21FN2O2/c22-19-14-7-9-23-12-13(14)5-6-17(19)24-20(25)16-11-21(16)8-10-26-18-4-2-1-3-15(18)21/h1-6,16,23H,7-12H2,(H,24,25). The Morgan fingerprint density at radius 1 is 1.27 bits per heavy atom. The van der Waals surface area contributed by atoms with E-state index in [4.69, 9.17) is 4.74 Å². The summed E-state index contributed by atoms with van der Waals surface area (Å²) in [7, 11) is 0. The fourth-order valence-electron chi connectivity index (χ4n) is 4.55. The largest absolute Gasteiger partial charge is 0.493 e. The van der Waals surface area contributed by atoms with Crippen molar-refractivity contribution in [3.05, 3.63) is 58.9 Å². The first-order chi connectivity index (χ1) is 12.7. The molecule has 2 heterocycles. The Labute approximate surface area is 151 Å². The van der Waals surface area contributed by atoms with Crippen LogP contribution in [0.5, 0.6) is 5.75 Å². The summed E-state index contributed by atoms with van der Waals surface area (Å²) < 4.78 is 20.5. The van der Waals surface area contributed by atoms with E-state index in [0.717, 1.165) is 41.8 Å². The molecule has 1 amide bonds. The number of benzene rings is 2. The highest BCUT2D eigenvalue weighted by Gasteiger charge is 2.61. The predicted molar refractivity (Wildman–Crippen MR) is 96.8 cm³/mol. The molecule has 2 atom stereocenters. The summed E-state index contributed by atoms with van der Waals surface area (Å²) in [6, 6.07) is 11.5. The van der Waals surface area contributed by atoms with Crippen molar-refractivity contribution in [3.63, 3.8) is 0 Å². The van der Waals surface area contributed by atoms with E-state index in [0.29, 0.717) is 25.3 Å². The van der Waals surface area contributed by atoms with Gasteiger partial charge in [-0.05, 0) is 49.1 Å². The molecular weight excluding hydrogens is 331 g/mol. The maximum atomic E-state index is 14.8. The Hall–Kier alpha value is -2.40. The van der Waals surface area contributed by atoms with Gasteiger partial charge in [0.1, 0.15) is 11.6 Å². The van der Waals surface area contributed by atoms with Crippen LogP contribution in [0.3, 0.4) is 0 Å². The lowest BCUT2D eigenvalue weighted by molar-refractivity contribution is -0.117. The van der Waals surface area contributed by atoms with Crippen LogP contribution in [0, 0.1) is 11.7 Å². The van der Waals surface area contributed by atoms with Gasteiger partial charge in [-0.3, -0.25) is 4.79 Å². The summed E-state index contributed by atoms with van der Waals surface area (Å²) in [6.07, 6.45) is 2.29. The monoisotopic (exact) mass is 352 g/mol. The number of anilines is 1. The van der Waals surface area contributed by atoms with Gasteiger partial charge in [0, 0.05) is 23.4 Å². The second-order valence-electron chi connectivity index (χ2n) is 7.49. The Morgan fingerprint density at radius 3 is 3.08 bits per heavy atom. The topological polar surface area (TPSA) is 50.4 Å². The van der Waals surface area contributed by atoms with E-state index >= 15 is 0 Å². The van der Waals surface area contributed by atoms with Crippen molar-refractivity contribution < 1.29 is 13.9 Å². The van der Waals surface area contributed by atoms with E-state index in [9.17, 15) is 9.18 Å². The molecule has 1 spiro atoms. The minimum Gasteiger partial charge on any atom is -0.493 e. The number of fused-ring (bicyclic) bond motifs is 3. The summed E-state index contributed by atoms with van der Waals surface area (Å²) in [5.74, 6) is 0.389. The fourth-order valence-corrected chi connectivity index (χ4v) is 4.55. The highest BCUT2D eigenvalue weighted by Crippen LogP contribution is 2.60. The number of carbonyl (C=O) groups excluding carboxylic acids is 1. The first kappa shape index (κ1) is 15.8. The molecule has 0 aromatic heterocycles. The molecule has 5 rings (SSSR count). The van der Waals surface area contributed by atoms with Gasteiger partial charge in [0.2, 0.25) is 5.91 Å². The zero-order valence-electron chi connectivity index (χ0n) is 14.5. The SMILES string of the molecule is O=C(Nc1ccc2c(c1F)CCNC2)C1CC12CCOc1ccccc12. The van der Waals surface area contributed by atoms with Gasteiger partial charge in [-0.15, -0.1) is 0 Å². The van der Waals surface area contributed by atoms with Gasteiger partial charge >= 0.3 is 0 Å². The third-order valence-corrected chi connectivity index (χ3v) is 6.09. The summed E-state index contributed by atoms with van der Waals surface area (Å²) in [6.45, 7) is 2.08. The lowest BCUT2D eigenvalue weighted by Gasteiger charge is -2.26. The Kier molecular flexibility index (Phi) is 3.54. The van der Waals surface area contributed by atoms with Crippen LogP contribution < -0.4 is 15.4 Å². The molecule has 1 saturated carbocycles. The number of halogens is 1. The minimum absolute atomic E-state index is 0.0884. The first-order valence-corrected chi connectivity index (χ1v) is 9.23. The molecule has 0 saturated heterocycles. The second kappa shape index (κ2) is 5.81. The van der Waals surface area contributed by atoms with E-state index in [-0.39, 0.29) is 23.1 Å². The highest BCUT2D eigenvalue weighted by molar-refractivity contribution is 5.96. The van der Waals surface area contributed by atoms with Crippen molar-refractivity contribution in [1.82, 2.24) is 5.32 Å². The molecule has 0 bridgehead atoms. The molecule has 2 unspecified atom stereocenters. The molecule has 5 heteroatoms. The first-order valence-electron chi connectivity index (χ1n) is 9.23. The summed E-state index contributed by atoms with van der Waals surface area (Å²) in [5.41, 5.74) is 2.98. The molecule has 1 fully saturated rings. The lowest BCUT2D eigenvalue weighted by atomic mass is 9.87. The zero-order chi connectivity index (χ0) is 17.7. The molecular formula is C21H21FN2O2. The number of rotatable bonds is 2. The summed E-state index contributed by atoms with van der Waals surface area (Å²) in [5, 5.41) is 6.09. The van der Waals surface area contributed by atoms with Gasteiger partial charge in [0.05, 0.1) is 12.3 Å². The number of para-hydroxylation sites is 1. The van der Waals surface area contributed by atoms with Gasteiger partial charge < -0.3 is 15.4 Å². The van der Waals surface area contributed by atoms with Crippen LogP contribution in [0.4, 0.5) is 10.1 Å². The van der Waals surface area contributed by atoms with Crippen LogP contribution in [0.2, 0.25) is 0 Å². The fraction of sp³-hybridized carbons (Fsp3) is 0.381. The molecule has 0 radical (unpaired) electrons. The molecule has 26 heavy (non-hydrogen) atoms. The second-order valence-corrected chi connectivity index (χ2v) is 7.49. The lowest BCUT2D eigenvalue weighted by Crippen LogP contribution is -2.28. The number of nitrogens with one attached hydrogen (secondary N) is 2. The van der Waals surface area contributed by atoms with Crippen LogP contribution >= 0.6 is 0 Å². The molecule has 2 aromatic rings. The van der Waals surface area contributed by atoms with E-state index < -0.39 is 0 Å². The molecule has 2 aliphatic heterocycles. The Bertz CT molecular complexity index is 898. The van der Waals surface area contributed by atoms with Crippen LogP contribution in [0.25, 0.3) is 0 Å². The van der Waals surface area contributed by atoms with Crippen molar-refractivity contribution >= 4 is 11.6 Å². The van der Waals surface area contributed by atoms with Gasteiger partial charge in [0.15, 0.2) is 0 Å². The highest BCUT2D eigenvalue weighted by atomic mass is 19.1. The normalized spacial score (nSPS) is 25.8. The summed E-state index contributed by atoms with van der Waals surface area (Å²) >= 11 is 0. The van der Waals surface area contributed by atoms with E-state index in [1.165, 1.54) is 0 Å². The van der Waals surface area contributed by atoms with Crippen LogP contribution in [0.15, 0.2) is 36.4 Å². The van der Waals surface area contributed by atoms with E-state index in [2.05, 4.69) is 10.6 Å².